The summed E-state index contributed by atoms with van der Waals surface area (Å²) in [7, 11) is -2.08. The molecule has 6 nitrogen and oxygen atoms in total. The molecule has 3 aromatic carbocycles. The van der Waals surface area contributed by atoms with Gasteiger partial charge in [0.1, 0.15) is 0 Å². The number of anilines is 1. The minimum absolute atomic E-state index is 0.110. The van der Waals surface area contributed by atoms with Crippen LogP contribution in [0, 0.1) is 0 Å². The van der Waals surface area contributed by atoms with Crippen LogP contribution in [0.5, 0.6) is 0 Å². The van der Waals surface area contributed by atoms with Crippen molar-refractivity contribution in [2.24, 2.45) is 0 Å². The molecule has 0 radical (unpaired) electrons. The number of hydrogen-bond donors (Lipinski definition) is 2. The van der Waals surface area contributed by atoms with Crippen LogP contribution in [-0.2, 0) is 27.8 Å². The molecule has 156 valence electrons. The van der Waals surface area contributed by atoms with Gasteiger partial charge in [-0.25, -0.2) is 13.1 Å². The number of hydrazine groups is 1. The minimum Gasteiger partial charge on any atom is -0.281 e. The molecule has 0 fully saturated rings. The fraction of sp³-hybridized carbons (Fsp3) is 0.174. The van der Waals surface area contributed by atoms with E-state index in [0.29, 0.717) is 13.0 Å². The smallest absolute Gasteiger partial charge is 0.240 e. The summed E-state index contributed by atoms with van der Waals surface area (Å²) in [6, 6.07) is 26.2. The maximum atomic E-state index is 12.6. The van der Waals surface area contributed by atoms with Crippen molar-refractivity contribution in [3.63, 3.8) is 0 Å². The van der Waals surface area contributed by atoms with Crippen molar-refractivity contribution < 1.29 is 13.2 Å². The van der Waals surface area contributed by atoms with Crippen LogP contribution in [0.15, 0.2) is 89.8 Å². The van der Waals surface area contributed by atoms with E-state index in [4.69, 9.17) is 0 Å². The second kappa shape index (κ2) is 10.0. The minimum atomic E-state index is -3.46. The van der Waals surface area contributed by atoms with E-state index in [-0.39, 0.29) is 17.2 Å². The molecule has 1 amide bonds. The summed E-state index contributed by atoms with van der Waals surface area (Å²) < 4.78 is 25.9. The maximum absolute atomic E-state index is 12.6. The van der Waals surface area contributed by atoms with Gasteiger partial charge in [0.05, 0.1) is 17.1 Å². The lowest BCUT2D eigenvalue weighted by Crippen LogP contribution is -2.42. The monoisotopic (exact) mass is 423 g/mol. The van der Waals surface area contributed by atoms with Crippen LogP contribution in [-0.4, -0.2) is 21.4 Å². The van der Waals surface area contributed by atoms with Crippen LogP contribution >= 0.6 is 0 Å². The molecule has 0 saturated heterocycles. The Morgan fingerprint density at radius 2 is 1.43 bits per heavy atom. The van der Waals surface area contributed by atoms with E-state index in [1.54, 1.807) is 24.3 Å². The first-order valence-electron chi connectivity index (χ1n) is 9.66. The summed E-state index contributed by atoms with van der Waals surface area (Å²) in [5, 5.41) is 1.83. The molecule has 0 aliphatic rings. The SMILES string of the molecule is CNS(=O)(=O)c1ccc(CCC(=O)NN(Cc2ccccc2)c2ccccc2)cc1. The molecule has 0 aromatic heterocycles. The summed E-state index contributed by atoms with van der Waals surface area (Å²) in [4.78, 5) is 12.8. The first-order valence-corrected chi connectivity index (χ1v) is 11.1. The number of rotatable bonds is 9. The number of aryl methyl sites for hydroxylation is 1. The molecule has 30 heavy (non-hydrogen) atoms. The molecule has 0 bridgehead atoms. The average molecular weight is 424 g/mol. The van der Waals surface area contributed by atoms with Crippen LogP contribution in [0.1, 0.15) is 17.5 Å². The van der Waals surface area contributed by atoms with Crippen LogP contribution < -0.4 is 15.2 Å². The third kappa shape index (κ3) is 5.92. The number of carbonyl (C=O) groups excluding carboxylic acids is 1. The standard InChI is InChI=1S/C23H25N3O3S/c1-24-30(28,29)22-15-12-19(13-16-22)14-17-23(27)25-26(21-10-6-3-7-11-21)18-20-8-4-2-5-9-20/h2-13,15-16,24H,14,17-18H2,1H3,(H,25,27). The van der Waals surface area contributed by atoms with Crippen LogP contribution in [0.4, 0.5) is 5.69 Å². The van der Waals surface area contributed by atoms with E-state index in [1.807, 2.05) is 65.7 Å². The van der Waals surface area contributed by atoms with Crippen molar-refractivity contribution in [2.75, 3.05) is 12.1 Å². The fourth-order valence-corrected chi connectivity index (χ4v) is 3.72. The lowest BCUT2D eigenvalue weighted by molar-refractivity contribution is -0.121. The Kier molecular flexibility index (Phi) is 7.21. The van der Waals surface area contributed by atoms with Gasteiger partial charge in [-0.15, -0.1) is 0 Å². The van der Waals surface area contributed by atoms with Crippen LogP contribution in [0.3, 0.4) is 0 Å². The van der Waals surface area contributed by atoms with E-state index < -0.39 is 10.0 Å². The van der Waals surface area contributed by atoms with Crippen molar-refractivity contribution in [3.05, 3.63) is 96.1 Å². The number of nitrogens with zero attached hydrogens (tertiary/aromatic N) is 1. The number of carbonyl (C=O) groups is 1. The second-order valence-corrected chi connectivity index (χ2v) is 8.68. The van der Waals surface area contributed by atoms with Gasteiger partial charge in [-0.1, -0.05) is 60.7 Å². The van der Waals surface area contributed by atoms with Gasteiger partial charge >= 0.3 is 0 Å². The second-order valence-electron chi connectivity index (χ2n) is 6.79. The molecule has 0 aliphatic heterocycles. The summed E-state index contributed by atoms with van der Waals surface area (Å²) in [5.41, 5.74) is 5.87. The Hall–Kier alpha value is -3.16. The van der Waals surface area contributed by atoms with Crippen molar-refractivity contribution in [1.82, 2.24) is 10.1 Å². The highest BCUT2D eigenvalue weighted by Crippen LogP contribution is 2.15. The maximum Gasteiger partial charge on any atom is 0.240 e. The number of benzene rings is 3. The van der Waals surface area contributed by atoms with E-state index in [2.05, 4.69) is 10.1 Å². The largest absolute Gasteiger partial charge is 0.281 e. The van der Waals surface area contributed by atoms with Crippen molar-refractivity contribution in [3.8, 4) is 0 Å². The van der Waals surface area contributed by atoms with E-state index >= 15 is 0 Å². The van der Waals surface area contributed by atoms with Crippen molar-refractivity contribution in [2.45, 2.75) is 24.3 Å². The Morgan fingerprint density at radius 3 is 2.03 bits per heavy atom. The van der Waals surface area contributed by atoms with E-state index in [0.717, 1.165) is 16.8 Å². The van der Waals surface area contributed by atoms with Gasteiger partial charge in [0, 0.05) is 6.42 Å². The summed E-state index contributed by atoms with van der Waals surface area (Å²) >= 11 is 0. The zero-order valence-electron chi connectivity index (χ0n) is 16.8. The zero-order chi connectivity index (χ0) is 21.4. The molecule has 0 saturated carbocycles. The number of nitrogens with one attached hydrogen (secondary N) is 2. The molecule has 0 spiro atoms. The molecule has 2 N–H and O–H groups in total. The lowest BCUT2D eigenvalue weighted by Gasteiger charge is -2.25. The van der Waals surface area contributed by atoms with Gasteiger partial charge in [-0.05, 0) is 48.9 Å². The fourth-order valence-electron chi connectivity index (χ4n) is 2.99. The highest BCUT2D eigenvalue weighted by atomic mass is 32.2. The third-order valence-corrected chi connectivity index (χ3v) is 6.08. The molecule has 7 heteroatoms. The molecule has 0 aliphatic carbocycles. The first kappa shape index (κ1) is 21.5. The highest BCUT2D eigenvalue weighted by molar-refractivity contribution is 7.89. The normalized spacial score (nSPS) is 11.1. The number of amides is 1. The van der Waals surface area contributed by atoms with Gasteiger partial charge in [0.2, 0.25) is 15.9 Å². The molecule has 3 aromatic rings. The zero-order valence-corrected chi connectivity index (χ0v) is 17.6. The van der Waals surface area contributed by atoms with Gasteiger partial charge < -0.3 is 0 Å². The van der Waals surface area contributed by atoms with Crippen molar-refractivity contribution >= 4 is 21.6 Å². The predicted octanol–water partition coefficient (Wildman–Crippen LogP) is 3.27. The lowest BCUT2D eigenvalue weighted by atomic mass is 10.1. The van der Waals surface area contributed by atoms with Gasteiger partial charge in [0.15, 0.2) is 0 Å². The predicted molar refractivity (Wildman–Crippen MR) is 118 cm³/mol. The molecule has 0 atom stereocenters. The quantitative estimate of drug-likeness (QED) is 0.518. The van der Waals surface area contributed by atoms with Gasteiger partial charge in [-0.3, -0.25) is 15.2 Å². The molecule has 0 heterocycles. The number of hydrogen-bond acceptors (Lipinski definition) is 4. The Labute approximate surface area is 177 Å². The summed E-state index contributed by atoms with van der Waals surface area (Å²) in [6.07, 6.45) is 0.802. The molecule has 3 rings (SSSR count). The summed E-state index contributed by atoms with van der Waals surface area (Å²) in [6.45, 7) is 0.549. The average Bonchev–Trinajstić information content (AvgIpc) is 2.79. The van der Waals surface area contributed by atoms with Crippen LogP contribution in [0.2, 0.25) is 0 Å². The van der Waals surface area contributed by atoms with E-state index in [1.165, 1.54) is 7.05 Å². The highest BCUT2D eigenvalue weighted by Gasteiger charge is 2.13. The Morgan fingerprint density at radius 1 is 0.833 bits per heavy atom. The first-order chi connectivity index (χ1) is 14.5. The van der Waals surface area contributed by atoms with E-state index in [9.17, 15) is 13.2 Å². The summed E-state index contributed by atoms with van der Waals surface area (Å²) in [5.74, 6) is -0.110. The number of sulfonamides is 1. The van der Waals surface area contributed by atoms with Crippen LogP contribution in [0.25, 0.3) is 0 Å². The molecular formula is C23H25N3O3S. The third-order valence-electron chi connectivity index (χ3n) is 4.65. The van der Waals surface area contributed by atoms with Gasteiger partial charge in [0.25, 0.3) is 0 Å². The van der Waals surface area contributed by atoms with Crippen molar-refractivity contribution in [1.29, 1.82) is 0 Å². The Bertz CT molecular complexity index is 1050. The topological polar surface area (TPSA) is 78.5 Å². The Balaban J connectivity index is 1.63. The molecular weight excluding hydrogens is 398 g/mol. The number of para-hydroxylation sites is 1. The molecule has 0 unspecified atom stereocenters. The van der Waals surface area contributed by atoms with Gasteiger partial charge in [-0.2, -0.15) is 0 Å².